The molecule has 0 radical (unpaired) electrons. The first-order valence-electron chi connectivity index (χ1n) is 10.7. The van der Waals surface area contributed by atoms with Gasteiger partial charge in [-0.05, 0) is 87.2 Å². The summed E-state index contributed by atoms with van der Waals surface area (Å²) in [7, 11) is 4.09. The molecule has 1 aliphatic rings. The Hall–Kier alpha value is -2.17. The van der Waals surface area contributed by atoms with E-state index in [4.69, 9.17) is 0 Å². The first-order chi connectivity index (χ1) is 14.3. The Morgan fingerprint density at radius 3 is 2.42 bits per heavy atom. The number of aryl methyl sites for hydroxylation is 2. The van der Waals surface area contributed by atoms with E-state index in [0.29, 0.717) is 13.0 Å². The van der Waals surface area contributed by atoms with Crippen LogP contribution in [0, 0.1) is 31.5 Å². The molecule has 3 rings (SSSR count). The molecular weight excluding hydrogens is 411 g/mol. The van der Waals surface area contributed by atoms with Crippen molar-refractivity contribution in [3.63, 3.8) is 0 Å². The average molecular weight is 445 g/mol. The second-order valence-electron chi connectivity index (χ2n) is 8.92. The van der Waals surface area contributed by atoms with E-state index in [0.717, 1.165) is 40.9 Å². The lowest BCUT2D eigenvalue weighted by Gasteiger charge is -2.38. The molecule has 0 unspecified atom stereocenters. The normalized spacial score (nSPS) is 19.2. The molecule has 1 heterocycles. The van der Waals surface area contributed by atoms with E-state index in [1.807, 2.05) is 38.1 Å². The lowest BCUT2D eigenvalue weighted by atomic mass is 9.84. The van der Waals surface area contributed by atoms with Crippen molar-refractivity contribution in [1.82, 2.24) is 4.90 Å². The quantitative estimate of drug-likeness (QED) is 0.573. The summed E-state index contributed by atoms with van der Waals surface area (Å²) in [6, 6.07) is 11.3. The number of carbonyl (C=O) groups excluding carboxylic acids is 1. The van der Waals surface area contributed by atoms with Gasteiger partial charge >= 0.3 is 0 Å². The maximum atomic E-state index is 14.2. The van der Waals surface area contributed by atoms with E-state index in [9.17, 15) is 9.18 Å². The van der Waals surface area contributed by atoms with Gasteiger partial charge in [0.2, 0.25) is 5.91 Å². The van der Waals surface area contributed by atoms with Crippen LogP contribution in [-0.4, -0.2) is 38.0 Å². The lowest BCUT2D eigenvalue weighted by molar-refractivity contribution is -0.124. The van der Waals surface area contributed by atoms with Crippen molar-refractivity contribution in [2.24, 2.45) is 11.8 Å². The van der Waals surface area contributed by atoms with Gasteiger partial charge < -0.3 is 9.80 Å². The molecule has 31 heavy (non-hydrogen) atoms. The van der Waals surface area contributed by atoms with Gasteiger partial charge in [-0.25, -0.2) is 4.39 Å². The molecule has 2 atom stereocenters. The predicted octanol–water partition coefficient (Wildman–Crippen LogP) is 5.67. The van der Waals surface area contributed by atoms with Crippen LogP contribution in [0.4, 0.5) is 10.1 Å². The summed E-state index contributed by atoms with van der Waals surface area (Å²) in [5, 5.41) is 0. The van der Waals surface area contributed by atoms with E-state index < -0.39 is 0 Å². The van der Waals surface area contributed by atoms with Gasteiger partial charge in [-0.3, -0.25) is 4.79 Å². The van der Waals surface area contributed by atoms with Crippen LogP contribution in [-0.2, 0) is 11.2 Å². The number of anilines is 1. The largest absolute Gasteiger partial charge is 0.311 e. The fraction of sp³-hybridized carbons (Fsp3) is 0.423. The Labute approximate surface area is 192 Å². The smallest absolute Gasteiger partial charge is 0.229 e. The molecule has 3 nitrogen and oxygen atoms in total. The van der Waals surface area contributed by atoms with Gasteiger partial charge in [0.05, 0.1) is 0 Å². The Balaban J connectivity index is 0.00000341. The fourth-order valence-corrected chi connectivity index (χ4v) is 4.52. The van der Waals surface area contributed by atoms with E-state index in [1.54, 1.807) is 6.07 Å². The number of rotatable bonds is 6. The number of halogens is 2. The van der Waals surface area contributed by atoms with Crippen molar-refractivity contribution in [3.8, 4) is 0 Å². The SMILES string of the molecule is Cc1cc(/C=C/CN(C)C)cc(C)c1N1C[C@@H](Cc2ccccc2F)C[C@@H](C)C1=O.Cl. The van der Waals surface area contributed by atoms with Crippen LogP contribution >= 0.6 is 12.4 Å². The molecule has 0 bridgehead atoms. The molecule has 5 heteroatoms. The average Bonchev–Trinajstić information content (AvgIpc) is 2.66. The molecule has 0 saturated carbocycles. The highest BCUT2D eigenvalue weighted by molar-refractivity contribution is 5.97. The highest BCUT2D eigenvalue weighted by atomic mass is 35.5. The predicted molar refractivity (Wildman–Crippen MR) is 130 cm³/mol. The van der Waals surface area contributed by atoms with E-state index in [-0.39, 0.29) is 36.0 Å². The maximum Gasteiger partial charge on any atom is 0.229 e. The maximum absolute atomic E-state index is 14.2. The van der Waals surface area contributed by atoms with Gasteiger partial charge in [0.15, 0.2) is 0 Å². The number of amides is 1. The highest BCUT2D eigenvalue weighted by Gasteiger charge is 2.34. The van der Waals surface area contributed by atoms with Crippen LogP contribution in [0.1, 0.15) is 35.6 Å². The number of hydrogen-bond donors (Lipinski definition) is 0. The second kappa shape index (κ2) is 10.9. The summed E-state index contributed by atoms with van der Waals surface area (Å²) in [5.41, 5.74) is 5.10. The Morgan fingerprint density at radius 1 is 1.16 bits per heavy atom. The molecular formula is C26H34ClFN2O. The van der Waals surface area contributed by atoms with Crippen LogP contribution < -0.4 is 4.90 Å². The third-order valence-electron chi connectivity index (χ3n) is 5.85. The molecule has 1 fully saturated rings. The summed E-state index contributed by atoms with van der Waals surface area (Å²) in [6.07, 6.45) is 5.73. The van der Waals surface area contributed by atoms with Crippen molar-refractivity contribution in [1.29, 1.82) is 0 Å². The third kappa shape index (κ3) is 6.18. The summed E-state index contributed by atoms with van der Waals surface area (Å²) < 4.78 is 14.2. The first-order valence-corrected chi connectivity index (χ1v) is 10.7. The number of piperidine rings is 1. The van der Waals surface area contributed by atoms with Crippen LogP contribution in [0.3, 0.4) is 0 Å². The minimum atomic E-state index is -0.158. The zero-order valence-corrected chi connectivity index (χ0v) is 20.0. The third-order valence-corrected chi connectivity index (χ3v) is 5.85. The van der Waals surface area contributed by atoms with Crippen molar-refractivity contribution in [2.45, 2.75) is 33.6 Å². The monoisotopic (exact) mass is 444 g/mol. The van der Waals surface area contributed by atoms with Crippen molar-refractivity contribution in [3.05, 3.63) is 70.5 Å². The topological polar surface area (TPSA) is 23.6 Å². The van der Waals surface area contributed by atoms with Gasteiger partial charge in [0.25, 0.3) is 0 Å². The van der Waals surface area contributed by atoms with Crippen LogP contribution in [0.2, 0.25) is 0 Å². The lowest BCUT2D eigenvalue weighted by Crippen LogP contribution is -2.46. The minimum absolute atomic E-state index is 0. The van der Waals surface area contributed by atoms with Crippen LogP contribution in [0.25, 0.3) is 6.08 Å². The fourth-order valence-electron chi connectivity index (χ4n) is 4.52. The summed E-state index contributed by atoms with van der Waals surface area (Å²) in [5.74, 6) is 0.193. The van der Waals surface area contributed by atoms with Crippen LogP contribution in [0.15, 0.2) is 42.5 Å². The van der Waals surface area contributed by atoms with Crippen LogP contribution in [0.5, 0.6) is 0 Å². The van der Waals surface area contributed by atoms with Gasteiger partial charge in [-0.2, -0.15) is 0 Å². The Bertz CT molecular complexity index is 918. The summed E-state index contributed by atoms with van der Waals surface area (Å²) >= 11 is 0. The Morgan fingerprint density at radius 2 is 1.81 bits per heavy atom. The zero-order valence-electron chi connectivity index (χ0n) is 19.2. The molecule has 0 spiro atoms. The molecule has 0 aliphatic carbocycles. The van der Waals surface area contributed by atoms with E-state index in [2.05, 4.69) is 43.0 Å². The Kier molecular flexibility index (Phi) is 8.84. The van der Waals surface area contributed by atoms with Gasteiger partial charge in [-0.1, -0.05) is 37.3 Å². The van der Waals surface area contributed by atoms with Crippen molar-refractivity contribution in [2.75, 3.05) is 32.1 Å². The minimum Gasteiger partial charge on any atom is -0.311 e. The second-order valence-corrected chi connectivity index (χ2v) is 8.92. The molecule has 2 aromatic carbocycles. The molecule has 1 amide bonds. The highest BCUT2D eigenvalue weighted by Crippen LogP contribution is 2.34. The molecule has 0 aromatic heterocycles. The number of nitrogens with zero attached hydrogens (tertiary/aromatic N) is 2. The van der Waals surface area contributed by atoms with E-state index in [1.165, 1.54) is 6.07 Å². The number of carbonyl (C=O) groups is 1. The van der Waals surface area contributed by atoms with Crippen molar-refractivity contribution >= 4 is 30.1 Å². The molecule has 2 aromatic rings. The number of hydrogen-bond acceptors (Lipinski definition) is 2. The van der Waals surface area contributed by atoms with Gasteiger partial charge in [-0.15, -0.1) is 12.4 Å². The number of likely N-dealkylation sites (N-methyl/N-ethyl adjacent to an activating group) is 1. The van der Waals surface area contributed by atoms with Gasteiger partial charge in [0.1, 0.15) is 5.82 Å². The molecule has 0 N–H and O–H groups in total. The summed E-state index contributed by atoms with van der Waals surface area (Å²) in [6.45, 7) is 7.66. The standard InChI is InChI=1S/C26H33FN2O.ClH/c1-18-13-21(9-8-12-28(4)5)14-19(2)25(18)29-17-22(15-20(3)26(29)30)16-23-10-6-7-11-24(23)27;/h6-11,13-14,20,22H,12,15-17H2,1-5H3;1H/b9-8+;/t20-,22-;/m1./s1. The van der Waals surface area contributed by atoms with E-state index >= 15 is 0 Å². The zero-order chi connectivity index (χ0) is 21.8. The van der Waals surface area contributed by atoms with Crippen molar-refractivity contribution < 1.29 is 9.18 Å². The first kappa shape index (κ1) is 25.1. The molecule has 1 saturated heterocycles. The molecule has 168 valence electrons. The molecule has 1 aliphatic heterocycles. The summed E-state index contributed by atoms with van der Waals surface area (Å²) in [4.78, 5) is 17.1. The van der Waals surface area contributed by atoms with Gasteiger partial charge in [0, 0.05) is 24.7 Å². The number of benzene rings is 2.